The number of ether oxygens (including phenoxy) is 1. The van der Waals surface area contributed by atoms with Gasteiger partial charge in [-0.25, -0.2) is 0 Å². The monoisotopic (exact) mass is 244 g/mol. The average Bonchev–Trinajstić information content (AvgIpc) is 2.88. The van der Waals surface area contributed by atoms with Crippen LogP contribution in [0.3, 0.4) is 0 Å². The third kappa shape index (κ3) is 2.83. The second-order valence-electron chi connectivity index (χ2n) is 5.00. The van der Waals surface area contributed by atoms with E-state index in [0.29, 0.717) is 6.04 Å². The van der Waals surface area contributed by atoms with Crippen LogP contribution in [0, 0.1) is 17.2 Å². The van der Waals surface area contributed by atoms with Gasteiger partial charge >= 0.3 is 0 Å². The Balaban J connectivity index is 1.98. The zero-order valence-electron chi connectivity index (χ0n) is 11.1. The quantitative estimate of drug-likeness (QED) is 0.817. The summed E-state index contributed by atoms with van der Waals surface area (Å²) in [5.41, 5.74) is 1.27. The summed E-state index contributed by atoms with van der Waals surface area (Å²) in [7, 11) is 3.79. The molecular formula is C15H20N2O. The van der Waals surface area contributed by atoms with Gasteiger partial charge in [-0.2, -0.15) is 5.26 Å². The molecular weight excluding hydrogens is 224 g/mol. The predicted octanol–water partition coefficient (Wildman–Crippen LogP) is 2.82. The first-order valence-corrected chi connectivity index (χ1v) is 6.47. The average molecular weight is 244 g/mol. The van der Waals surface area contributed by atoms with Crippen LogP contribution in [0.25, 0.3) is 0 Å². The van der Waals surface area contributed by atoms with Gasteiger partial charge in [0.1, 0.15) is 5.75 Å². The highest BCUT2D eigenvalue weighted by Crippen LogP contribution is 2.29. The van der Waals surface area contributed by atoms with Crippen LogP contribution < -0.4 is 4.74 Å². The highest BCUT2D eigenvalue weighted by Gasteiger charge is 2.30. The minimum Gasteiger partial charge on any atom is -0.497 e. The topological polar surface area (TPSA) is 36.3 Å². The van der Waals surface area contributed by atoms with Gasteiger partial charge in [0.15, 0.2) is 0 Å². The minimum atomic E-state index is 0.202. The van der Waals surface area contributed by atoms with Crippen LogP contribution in [0.2, 0.25) is 0 Å². The van der Waals surface area contributed by atoms with Crippen molar-refractivity contribution in [2.45, 2.75) is 31.8 Å². The lowest BCUT2D eigenvalue weighted by atomic mass is 10.0. The molecule has 2 atom stereocenters. The molecule has 0 spiro atoms. The third-order valence-corrected chi connectivity index (χ3v) is 3.80. The lowest BCUT2D eigenvalue weighted by molar-refractivity contribution is 0.212. The molecule has 18 heavy (non-hydrogen) atoms. The third-order valence-electron chi connectivity index (χ3n) is 3.80. The molecule has 0 aliphatic heterocycles. The normalized spacial score (nSPS) is 23.0. The molecule has 0 radical (unpaired) electrons. The molecule has 0 heterocycles. The van der Waals surface area contributed by atoms with Crippen molar-refractivity contribution < 1.29 is 4.74 Å². The minimum absolute atomic E-state index is 0.202. The summed E-state index contributed by atoms with van der Waals surface area (Å²) in [5, 5.41) is 9.13. The number of benzene rings is 1. The van der Waals surface area contributed by atoms with Crippen molar-refractivity contribution in [3.8, 4) is 11.8 Å². The van der Waals surface area contributed by atoms with Crippen molar-refractivity contribution in [1.29, 1.82) is 5.26 Å². The second kappa shape index (κ2) is 5.88. The van der Waals surface area contributed by atoms with Crippen LogP contribution in [-0.4, -0.2) is 25.1 Å². The molecule has 1 aliphatic rings. The fourth-order valence-electron chi connectivity index (χ4n) is 2.75. The lowest BCUT2D eigenvalue weighted by Crippen LogP contribution is -2.33. The van der Waals surface area contributed by atoms with Gasteiger partial charge in [-0.1, -0.05) is 18.6 Å². The smallest absolute Gasteiger partial charge is 0.118 e. The van der Waals surface area contributed by atoms with Crippen LogP contribution in [-0.2, 0) is 6.54 Å². The van der Waals surface area contributed by atoms with Gasteiger partial charge in [0.2, 0.25) is 0 Å². The number of hydrogen-bond donors (Lipinski definition) is 0. The fraction of sp³-hybridized carbons (Fsp3) is 0.533. The van der Waals surface area contributed by atoms with E-state index >= 15 is 0 Å². The molecule has 0 bridgehead atoms. The summed E-state index contributed by atoms with van der Waals surface area (Å²) in [4.78, 5) is 2.31. The Morgan fingerprint density at radius 2 is 2.06 bits per heavy atom. The maximum absolute atomic E-state index is 9.13. The number of methoxy groups -OCH3 is 1. The molecule has 0 amide bonds. The van der Waals surface area contributed by atoms with Crippen molar-refractivity contribution in [3.63, 3.8) is 0 Å². The van der Waals surface area contributed by atoms with Gasteiger partial charge in [-0.15, -0.1) is 0 Å². The van der Waals surface area contributed by atoms with Crippen LogP contribution in [0.4, 0.5) is 0 Å². The molecule has 1 saturated carbocycles. The molecule has 2 unspecified atom stereocenters. The molecule has 1 fully saturated rings. The Bertz CT molecular complexity index is 421. The molecule has 0 aromatic heterocycles. The molecule has 3 nitrogen and oxygen atoms in total. The first-order chi connectivity index (χ1) is 8.74. The van der Waals surface area contributed by atoms with Gasteiger partial charge in [0.25, 0.3) is 0 Å². The van der Waals surface area contributed by atoms with Crippen LogP contribution in [0.1, 0.15) is 24.8 Å². The van der Waals surface area contributed by atoms with Gasteiger partial charge in [-0.3, -0.25) is 4.90 Å². The van der Waals surface area contributed by atoms with E-state index < -0.39 is 0 Å². The Kier molecular flexibility index (Phi) is 4.22. The Labute approximate surface area is 109 Å². The summed E-state index contributed by atoms with van der Waals surface area (Å²) >= 11 is 0. The van der Waals surface area contributed by atoms with E-state index in [9.17, 15) is 0 Å². The zero-order valence-corrected chi connectivity index (χ0v) is 11.1. The largest absolute Gasteiger partial charge is 0.497 e. The van der Waals surface area contributed by atoms with Crippen molar-refractivity contribution >= 4 is 0 Å². The lowest BCUT2D eigenvalue weighted by Gasteiger charge is -2.26. The van der Waals surface area contributed by atoms with E-state index in [1.807, 2.05) is 12.1 Å². The van der Waals surface area contributed by atoms with Crippen molar-refractivity contribution in [2.75, 3.05) is 14.2 Å². The maximum Gasteiger partial charge on any atom is 0.118 e. The van der Waals surface area contributed by atoms with E-state index in [0.717, 1.165) is 25.1 Å². The Morgan fingerprint density at radius 3 is 2.67 bits per heavy atom. The fourth-order valence-corrected chi connectivity index (χ4v) is 2.75. The summed E-state index contributed by atoms with van der Waals surface area (Å²) in [5.74, 6) is 1.09. The van der Waals surface area contributed by atoms with E-state index in [-0.39, 0.29) is 5.92 Å². The van der Waals surface area contributed by atoms with Crippen molar-refractivity contribution in [1.82, 2.24) is 4.90 Å². The van der Waals surface area contributed by atoms with Crippen LogP contribution >= 0.6 is 0 Å². The van der Waals surface area contributed by atoms with Gasteiger partial charge in [0, 0.05) is 12.6 Å². The maximum atomic E-state index is 9.13. The Hall–Kier alpha value is -1.53. The first-order valence-electron chi connectivity index (χ1n) is 6.47. The first kappa shape index (κ1) is 12.9. The molecule has 2 rings (SSSR count). The number of nitrogens with zero attached hydrogens (tertiary/aromatic N) is 2. The molecule has 1 aromatic rings. The van der Waals surface area contributed by atoms with E-state index in [1.54, 1.807) is 7.11 Å². The summed E-state index contributed by atoms with van der Waals surface area (Å²) in [6, 6.07) is 11.0. The molecule has 1 aromatic carbocycles. The van der Waals surface area contributed by atoms with Crippen LogP contribution in [0.5, 0.6) is 5.75 Å². The standard InChI is InChI=1S/C15H20N2O/c1-17(15-5-3-4-13(15)10-16)11-12-6-8-14(18-2)9-7-12/h6-9,13,15H,3-5,11H2,1-2H3. The van der Waals surface area contributed by atoms with E-state index in [2.05, 4.69) is 30.1 Å². The van der Waals surface area contributed by atoms with Crippen molar-refractivity contribution in [3.05, 3.63) is 29.8 Å². The molecule has 1 aliphatic carbocycles. The van der Waals surface area contributed by atoms with Gasteiger partial charge in [0.05, 0.1) is 19.1 Å². The molecule has 0 saturated heterocycles. The van der Waals surface area contributed by atoms with Gasteiger partial charge < -0.3 is 4.74 Å². The molecule has 96 valence electrons. The molecule has 3 heteroatoms. The summed E-state index contributed by atoms with van der Waals surface area (Å²) in [6.07, 6.45) is 3.37. The van der Waals surface area contributed by atoms with E-state index in [1.165, 1.54) is 12.0 Å². The number of hydrogen-bond acceptors (Lipinski definition) is 3. The van der Waals surface area contributed by atoms with E-state index in [4.69, 9.17) is 10.00 Å². The second-order valence-corrected chi connectivity index (χ2v) is 5.00. The number of nitriles is 1. The van der Waals surface area contributed by atoms with Crippen molar-refractivity contribution in [2.24, 2.45) is 5.92 Å². The highest BCUT2D eigenvalue weighted by molar-refractivity contribution is 5.27. The number of rotatable bonds is 4. The summed E-state index contributed by atoms with van der Waals surface area (Å²) < 4.78 is 5.15. The molecule has 0 N–H and O–H groups in total. The zero-order chi connectivity index (χ0) is 13.0. The SMILES string of the molecule is COc1ccc(CN(C)C2CCCC2C#N)cc1. The Morgan fingerprint density at radius 1 is 1.33 bits per heavy atom. The highest BCUT2D eigenvalue weighted by atomic mass is 16.5. The van der Waals surface area contributed by atoms with Crippen LogP contribution in [0.15, 0.2) is 24.3 Å². The van der Waals surface area contributed by atoms with Gasteiger partial charge in [-0.05, 0) is 37.6 Å². The predicted molar refractivity (Wildman–Crippen MR) is 71.2 cm³/mol. The summed E-state index contributed by atoms with van der Waals surface area (Å²) in [6.45, 7) is 0.896.